The highest BCUT2D eigenvalue weighted by molar-refractivity contribution is 6.24. The Bertz CT molecular complexity index is 247. The van der Waals surface area contributed by atoms with Crippen LogP contribution in [0.5, 0.6) is 0 Å². The molecule has 0 spiro atoms. The van der Waals surface area contributed by atoms with E-state index < -0.39 is 0 Å². The van der Waals surface area contributed by atoms with Gasteiger partial charge in [0.2, 0.25) is 0 Å². The SMILES string of the molecule is CN(C)C12C[C@@H]3C[C@H](CC(Cl)(C3)C1)C2. The summed E-state index contributed by atoms with van der Waals surface area (Å²) in [6, 6.07) is 0. The molecule has 0 unspecified atom stereocenters. The van der Waals surface area contributed by atoms with Crippen LogP contribution in [0.25, 0.3) is 0 Å². The van der Waals surface area contributed by atoms with Gasteiger partial charge in [0.1, 0.15) is 0 Å². The maximum atomic E-state index is 6.74. The van der Waals surface area contributed by atoms with E-state index in [2.05, 4.69) is 19.0 Å². The third kappa shape index (κ3) is 1.18. The van der Waals surface area contributed by atoms with E-state index >= 15 is 0 Å². The van der Waals surface area contributed by atoms with Crippen molar-refractivity contribution in [3.05, 3.63) is 0 Å². The average molecular weight is 214 g/mol. The summed E-state index contributed by atoms with van der Waals surface area (Å²) in [5.41, 5.74) is 0.464. The molecule has 1 nitrogen and oxygen atoms in total. The lowest BCUT2D eigenvalue weighted by Gasteiger charge is -2.62. The van der Waals surface area contributed by atoms with Crippen LogP contribution in [0.2, 0.25) is 0 Å². The first-order valence-corrected chi connectivity index (χ1v) is 6.26. The summed E-state index contributed by atoms with van der Waals surface area (Å²) in [6.07, 6.45) is 8.10. The first-order chi connectivity index (χ1) is 6.51. The van der Waals surface area contributed by atoms with Crippen molar-refractivity contribution in [2.45, 2.75) is 48.9 Å². The molecule has 0 radical (unpaired) electrons. The summed E-state index contributed by atoms with van der Waals surface area (Å²) >= 11 is 6.74. The maximum Gasteiger partial charge on any atom is 0.0469 e. The molecule has 4 aliphatic carbocycles. The van der Waals surface area contributed by atoms with E-state index in [0.29, 0.717) is 5.54 Å². The fourth-order valence-corrected chi connectivity index (χ4v) is 5.31. The van der Waals surface area contributed by atoms with Crippen molar-refractivity contribution >= 4 is 11.6 Å². The van der Waals surface area contributed by atoms with Crippen LogP contribution >= 0.6 is 11.6 Å². The molecule has 4 rings (SSSR count). The standard InChI is InChI=1S/C12H20ClN/c1-14(2)12-6-9-3-10(7-12)5-11(13,4-9)8-12/h9-10H,3-8H2,1-2H3/t9-,10-,11?,12?/m1/s1. The van der Waals surface area contributed by atoms with Crippen molar-refractivity contribution in [1.29, 1.82) is 0 Å². The molecular weight excluding hydrogens is 194 g/mol. The molecule has 2 atom stereocenters. The first kappa shape index (κ1) is 9.47. The third-order valence-corrected chi connectivity index (χ3v) is 5.35. The molecule has 4 aliphatic rings. The lowest BCUT2D eigenvalue weighted by atomic mass is 9.52. The number of hydrogen-bond acceptors (Lipinski definition) is 1. The quantitative estimate of drug-likeness (QED) is 0.606. The van der Waals surface area contributed by atoms with E-state index in [-0.39, 0.29) is 4.87 Å². The van der Waals surface area contributed by atoms with Crippen molar-refractivity contribution in [3.8, 4) is 0 Å². The number of halogens is 1. The zero-order chi connectivity index (χ0) is 9.97. The van der Waals surface area contributed by atoms with E-state index in [9.17, 15) is 0 Å². The fourth-order valence-electron chi connectivity index (χ4n) is 4.63. The zero-order valence-corrected chi connectivity index (χ0v) is 9.98. The molecule has 4 bridgehead atoms. The fraction of sp³-hybridized carbons (Fsp3) is 1.00. The van der Waals surface area contributed by atoms with Gasteiger partial charge in [-0.1, -0.05) is 0 Å². The minimum absolute atomic E-state index is 0.175. The van der Waals surface area contributed by atoms with Crippen LogP contribution < -0.4 is 0 Å². The minimum atomic E-state index is 0.175. The van der Waals surface area contributed by atoms with E-state index in [1.54, 1.807) is 0 Å². The van der Waals surface area contributed by atoms with Crippen LogP contribution in [0.3, 0.4) is 0 Å². The van der Waals surface area contributed by atoms with Gasteiger partial charge in [-0.25, -0.2) is 0 Å². The van der Waals surface area contributed by atoms with E-state index in [1.165, 1.54) is 38.5 Å². The van der Waals surface area contributed by atoms with Gasteiger partial charge in [-0.15, -0.1) is 11.6 Å². The predicted octanol–water partition coefficient (Wildman–Crippen LogP) is 2.88. The summed E-state index contributed by atoms with van der Waals surface area (Å²) in [6.45, 7) is 0. The van der Waals surface area contributed by atoms with Gasteiger partial charge >= 0.3 is 0 Å². The Morgan fingerprint density at radius 2 is 1.64 bits per heavy atom. The molecule has 0 aliphatic heterocycles. The van der Waals surface area contributed by atoms with Gasteiger partial charge in [0, 0.05) is 10.4 Å². The Morgan fingerprint density at radius 3 is 2.07 bits per heavy atom. The Kier molecular flexibility index (Phi) is 1.81. The highest BCUT2D eigenvalue weighted by Gasteiger charge is 2.57. The molecule has 0 aromatic heterocycles. The molecule has 14 heavy (non-hydrogen) atoms. The third-order valence-electron chi connectivity index (χ3n) is 4.91. The van der Waals surface area contributed by atoms with Gasteiger partial charge in [0.05, 0.1) is 0 Å². The molecule has 2 heteroatoms. The summed E-state index contributed by atoms with van der Waals surface area (Å²) in [7, 11) is 4.49. The van der Waals surface area contributed by atoms with Crippen LogP contribution in [0, 0.1) is 11.8 Å². The van der Waals surface area contributed by atoms with Crippen LogP contribution in [-0.2, 0) is 0 Å². The monoisotopic (exact) mass is 213 g/mol. The molecule has 0 aromatic carbocycles. The molecule has 0 aromatic rings. The molecule has 0 N–H and O–H groups in total. The number of nitrogens with zero attached hydrogens (tertiary/aromatic N) is 1. The summed E-state index contributed by atoms with van der Waals surface area (Å²) < 4.78 is 0. The van der Waals surface area contributed by atoms with Crippen molar-refractivity contribution < 1.29 is 0 Å². The first-order valence-electron chi connectivity index (χ1n) is 5.88. The number of hydrogen-bond donors (Lipinski definition) is 0. The van der Waals surface area contributed by atoms with Crippen LogP contribution in [-0.4, -0.2) is 29.4 Å². The minimum Gasteiger partial charge on any atom is -0.304 e. The highest BCUT2D eigenvalue weighted by atomic mass is 35.5. The Morgan fingerprint density at radius 1 is 1.07 bits per heavy atom. The Balaban J connectivity index is 1.96. The molecule has 0 amide bonds. The van der Waals surface area contributed by atoms with Gasteiger partial charge in [0.15, 0.2) is 0 Å². The molecule has 0 heterocycles. The Labute approximate surface area is 91.8 Å². The lowest BCUT2D eigenvalue weighted by molar-refractivity contribution is -0.0592. The maximum absolute atomic E-state index is 6.74. The van der Waals surface area contributed by atoms with E-state index in [4.69, 9.17) is 11.6 Å². The van der Waals surface area contributed by atoms with Gasteiger partial charge in [0.25, 0.3) is 0 Å². The van der Waals surface area contributed by atoms with Gasteiger partial charge < -0.3 is 4.90 Å². The topological polar surface area (TPSA) is 3.24 Å². The van der Waals surface area contributed by atoms with Crippen LogP contribution in [0.1, 0.15) is 38.5 Å². The second-order valence-corrected chi connectivity index (χ2v) is 7.03. The predicted molar refractivity (Wildman–Crippen MR) is 59.7 cm³/mol. The average Bonchev–Trinajstić information content (AvgIpc) is 1.98. The normalized spacial score (nSPS) is 55.7. The van der Waals surface area contributed by atoms with Crippen molar-refractivity contribution in [3.63, 3.8) is 0 Å². The van der Waals surface area contributed by atoms with Crippen molar-refractivity contribution in [2.75, 3.05) is 14.1 Å². The van der Waals surface area contributed by atoms with Gasteiger partial charge in [-0.05, 0) is 64.5 Å². The van der Waals surface area contributed by atoms with E-state index in [0.717, 1.165) is 11.8 Å². The molecule has 80 valence electrons. The Hall–Kier alpha value is 0.250. The zero-order valence-electron chi connectivity index (χ0n) is 9.22. The summed E-state index contributed by atoms with van der Waals surface area (Å²) in [5.74, 6) is 1.85. The van der Waals surface area contributed by atoms with Crippen molar-refractivity contribution in [1.82, 2.24) is 4.90 Å². The number of alkyl halides is 1. The molecule has 4 saturated carbocycles. The van der Waals surface area contributed by atoms with Gasteiger partial charge in [-0.2, -0.15) is 0 Å². The number of rotatable bonds is 1. The van der Waals surface area contributed by atoms with Crippen LogP contribution in [0.4, 0.5) is 0 Å². The van der Waals surface area contributed by atoms with Gasteiger partial charge in [-0.3, -0.25) is 0 Å². The second-order valence-electron chi connectivity index (χ2n) is 6.23. The lowest BCUT2D eigenvalue weighted by Crippen LogP contribution is -2.62. The van der Waals surface area contributed by atoms with Crippen LogP contribution in [0.15, 0.2) is 0 Å². The molecule has 4 fully saturated rings. The highest BCUT2D eigenvalue weighted by Crippen LogP contribution is 2.61. The summed E-state index contributed by atoms with van der Waals surface area (Å²) in [5, 5.41) is 0. The second kappa shape index (κ2) is 2.68. The largest absolute Gasteiger partial charge is 0.304 e. The molecule has 0 saturated heterocycles. The summed E-state index contributed by atoms with van der Waals surface area (Å²) in [4.78, 5) is 2.63. The van der Waals surface area contributed by atoms with Crippen molar-refractivity contribution in [2.24, 2.45) is 11.8 Å². The van der Waals surface area contributed by atoms with E-state index in [1.807, 2.05) is 0 Å². The smallest absolute Gasteiger partial charge is 0.0469 e. The molecular formula is C12H20ClN.